The molecule has 1 aromatic carbocycles. The third-order valence-corrected chi connectivity index (χ3v) is 3.62. The van der Waals surface area contributed by atoms with E-state index in [0.29, 0.717) is 30.2 Å². The standard InChI is InChI=1S/C16H20N4O4/c1-11-6-4-5-7-14(11)24-10-15(21)17-8-9-19-13(3)16(20(22)23)12(2)18-19/h4-7H,8-10H2,1-3H3,(H,17,21). The van der Waals surface area contributed by atoms with E-state index in [2.05, 4.69) is 10.4 Å². The van der Waals surface area contributed by atoms with Crippen LogP contribution in [0, 0.1) is 30.9 Å². The highest BCUT2D eigenvalue weighted by atomic mass is 16.6. The molecule has 1 heterocycles. The lowest BCUT2D eigenvalue weighted by Gasteiger charge is -2.09. The first-order chi connectivity index (χ1) is 11.4. The van der Waals surface area contributed by atoms with Gasteiger partial charge in [0.2, 0.25) is 0 Å². The van der Waals surface area contributed by atoms with Crippen molar-refractivity contribution in [1.29, 1.82) is 0 Å². The smallest absolute Gasteiger partial charge is 0.312 e. The number of amides is 1. The molecule has 0 aliphatic heterocycles. The number of hydrogen-bond acceptors (Lipinski definition) is 5. The number of carbonyl (C=O) groups excluding carboxylic acids is 1. The molecule has 1 aromatic heterocycles. The second-order valence-corrected chi connectivity index (χ2v) is 5.40. The van der Waals surface area contributed by atoms with E-state index in [-0.39, 0.29) is 18.2 Å². The fourth-order valence-corrected chi connectivity index (χ4v) is 2.38. The molecule has 0 spiro atoms. The van der Waals surface area contributed by atoms with E-state index in [4.69, 9.17) is 4.74 Å². The number of benzene rings is 1. The molecule has 24 heavy (non-hydrogen) atoms. The molecular formula is C16H20N4O4. The normalized spacial score (nSPS) is 10.5. The molecule has 0 aliphatic carbocycles. The van der Waals surface area contributed by atoms with Gasteiger partial charge in [-0.1, -0.05) is 18.2 Å². The van der Waals surface area contributed by atoms with Crippen LogP contribution < -0.4 is 10.1 Å². The number of para-hydroxylation sites is 1. The van der Waals surface area contributed by atoms with Crippen molar-refractivity contribution in [2.45, 2.75) is 27.3 Å². The summed E-state index contributed by atoms with van der Waals surface area (Å²) < 4.78 is 6.98. The summed E-state index contributed by atoms with van der Waals surface area (Å²) in [7, 11) is 0. The Morgan fingerprint density at radius 2 is 2.04 bits per heavy atom. The van der Waals surface area contributed by atoms with Gasteiger partial charge in [-0.2, -0.15) is 5.10 Å². The first-order valence-corrected chi connectivity index (χ1v) is 7.53. The zero-order valence-electron chi connectivity index (χ0n) is 13.9. The minimum Gasteiger partial charge on any atom is -0.484 e. The minimum absolute atomic E-state index is 0.0178. The van der Waals surface area contributed by atoms with Crippen LogP contribution in [-0.4, -0.2) is 33.8 Å². The lowest BCUT2D eigenvalue weighted by atomic mass is 10.2. The van der Waals surface area contributed by atoms with Gasteiger partial charge in [-0.05, 0) is 32.4 Å². The van der Waals surface area contributed by atoms with Gasteiger partial charge in [0, 0.05) is 6.54 Å². The minimum atomic E-state index is -0.442. The summed E-state index contributed by atoms with van der Waals surface area (Å²) in [5.41, 5.74) is 1.82. The molecule has 0 saturated carbocycles. The van der Waals surface area contributed by atoms with Crippen LogP contribution in [-0.2, 0) is 11.3 Å². The highest BCUT2D eigenvalue weighted by molar-refractivity contribution is 5.77. The maximum absolute atomic E-state index is 11.8. The maximum atomic E-state index is 11.8. The fraction of sp³-hybridized carbons (Fsp3) is 0.375. The van der Waals surface area contributed by atoms with Crippen molar-refractivity contribution in [3.8, 4) is 5.75 Å². The fourth-order valence-electron chi connectivity index (χ4n) is 2.38. The average Bonchev–Trinajstić information content (AvgIpc) is 2.80. The van der Waals surface area contributed by atoms with Gasteiger partial charge in [-0.15, -0.1) is 0 Å². The lowest BCUT2D eigenvalue weighted by molar-refractivity contribution is -0.386. The highest BCUT2D eigenvalue weighted by Gasteiger charge is 2.21. The molecule has 0 bridgehead atoms. The van der Waals surface area contributed by atoms with Crippen LogP contribution in [0.5, 0.6) is 5.75 Å². The Kier molecular flexibility index (Phi) is 5.51. The zero-order valence-corrected chi connectivity index (χ0v) is 13.9. The number of aromatic nitrogens is 2. The Labute approximate surface area is 139 Å². The van der Waals surface area contributed by atoms with Crippen LogP contribution in [0.1, 0.15) is 17.0 Å². The number of aryl methyl sites for hydroxylation is 2. The van der Waals surface area contributed by atoms with Crippen LogP contribution in [0.15, 0.2) is 24.3 Å². The summed E-state index contributed by atoms with van der Waals surface area (Å²) in [5.74, 6) is 0.413. The van der Waals surface area contributed by atoms with Crippen molar-refractivity contribution < 1.29 is 14.5 Å². The number of nitrogens with zero attached hydrogens (tertiary/aromatic N) is 3. The van der Waals surface area contributed by atoms with E-state index >= 15 is 0 Å². The van der Waals surface area contributed by atoms with Gasteiger partial charge in [0.15, 0.2) is 6.61 Å². The topological polar surface area (TPSA) is 99.3 Å². The molecule has 2 aromatic rings. The molecule has 128 valence electrons. The Morgan fingerprint density at radius 3 is 2.67 bits per heavy atom. The van der Waals surface area contributed by atoms with Gasteiger partial charge in [0.1, 0.15) is 17.1 Å². The maximum Gasteiger partial charge on any atom is 0.312 e. The largest absolute Gasteiger partial charge is 0.484 e. The number of hydrogen-bond donors (Lipinski definition) is 1. The van der Waals surface area contributed by atoms with Crippen LogP contribution in [0.25, 0.3) is 0 Å². The van der Waals surface area contributed by atoms with E-state index in [1.807, 2.05) is 25.1 Å². The summed E-state index contributed by atoms with van der Waals surface area (Å²) in [5, 5.41) is 17.8. The van der Waals surface area contributed by atoms with E-state index in [1.54, 1.807) is 19.9 Å². The first kappa shape index (κ1) is 17.5. The second kappa shape index (κ2) is 7.58. The van der Waals surface area contributed by atoms with Gasteiger partial charge >= 0.3 is 5.69 Å². The summed E-state index contributed by atoms with van der Waals surface area (Å²) in [6.45, 7) is 5.73. The van der Waals surface area contributed by atoms with Gasteiger partial charge in [-0.3, -0.25) is 19.6 Å². The lowest BCUT2D eigenvalue weighted by Crippen LogP contribution is -2.32. The molecular weight excluding hydrogens is 312 g/mol. The van der Waals surface area contributed by atoms with Gasteiger partial charge in [-0.25, -0.2) is 0 Å². The Bertz CT molecular complexity index is 755. The third kappa shape index (κ3) is 4.09. The van der Waals surface area contributed by atoms with Crippen molar-refractivity contribution in [2.75, 3.05) is 13.2 Å². The summed E-state index contributed by atoms with van der Waals surface area (Å²) in [6.07, 6.45) is 0. The predicted molar refractivity (Wildman–Crippen MR) is 88.0 cm³/mol. The summed E-state index contributed by atoms with van der Waals surface area (Å²) >= 11 is 0. The number of ether oxygens (including phenoxy) is 1. The number of nitro groups is 1. The Morgan fingerprint density at radius 1 is 1.33 bits per heavy atom. The molecule has 2 rings (SSSR count). The molecule has 8 nitrogen and oxygen atoms in total. The van der Waals surface area contributed by atoms with E-state index in [1.165, 1.54) is 4.68 Å². The second-order valence-electron chi connectivity index (χ2n) is 5.40. The zero-order chi connectivity index (χ0) is 17.7. The van der Waals surface area contributed by atoms with Crippen molar-refractivity contribution in [3.05, 3.63) is 51.3 Å². The van der Waals surface area contributed by atoms with Crippen LogP contribution in [0.4, 0.5) is 5.69 Å². The molecule has 1 N–H and O–H groups in total. The molecule has 1 amide bonds. The molecule has 8 heteroatoms. The quantitative estimate of drug-likeness (QED) is 0.617. The van der Waals surface area contributed by atoms with Crippen molar-refractivity contribution in [3.63, 3.8) is 0 Å². The van der Waals surface area contributed by atoms with Gasteiger partial charge in [0.05, 0.1) is 11.5 Å². The molecule has 0 aliphatic rings. The highest BCUT2D eigenvalue weighted by Crippen LogP contribution is 2.21. The van der Waals surface area contributed by atoms with Gasteiger partial charge in [0.25, 0.3) is 5.91 Å². The molecule has 0 atom stereocenters. The molecule has 0 radical (unpaired) electrons. The monoisotopic (exact) mass is 332 g/mol. The van der Waals surface area contributed by atoms with E-state index < -0.39 is 4.92 Å². The third-order valence-electron chi connectivity index (χ3n) is 3.62. The van der Waals surface area contributed by atoms with Crippen molar-refractivity contribution >= 4 is 11.6 Å². The van der Waals surface area contributed by atoms with E-state index in [9.17, 15) is 14.9 Å². The number of nitrogens with one attached hydrogen (secondary N) is 1. The van der Waals surface area contributed by atoms with Gasteiger partial charge < -0.3 is 10.1 Å². The number of rotatable bonds is 7. The van der Waals surface area contributed by atoms with E-state index in [0.717, 1.165) is 5.56 Å². The predicted octanol–water partition coefficient (Wildman–Crippen LogP) is 1.91. The van der Waals surface area contributed by atoms with Crippen LogP contribution in [0.3, 0.4) is 0 Å². The molecule has 0 fully saturated rings. The average molecular weight is 332 g/mol. The summed E-state index contributed by atoms with van der Waals surface area (Å²) in [4.78, 5) is 22.3. The SMILES string of the molecule is Cc1ccccc1OCC(=O)NCCn1nc(C)c([N+](=O)[O-])c1C. The van der Waals surface area contributed by atoms with Crippen LogP contribution in [0.2, 0.25) is 0 Å². The molecule has 0 saturated heterocycles. The Hall–Kier alpha value is -2.90. The molecule has 0 unspecified atom stereocenters. The van der Waals surface area contributed by atoms with Crippen LogP contribution >= 0.6 is 0 Å². The Balaban J connectivity index is 1.82. The first-order valence-electron chi connectivity index (χ1n) is 7.53. The van der Waals surface area contributed by atoms with Crippen molar-refractivity contribution in [1.82, 2.24) is 15.1 Å². The summed E-state index contributed by atoms with van der Waals surface area (Å²) in [6, 6.07) is 7.45. The number of carbonyl (C=O) groups is 1. The van der Waals surface area contributed by atoms with Crippen molar-refractivity contribution in [2.24, 2.45) is 0 Å².